The molecule has 0 radical (unpaired) electrons. The van der Waals surface area contributed by atoms with Gasteiger partial charge in [-0.15, -0.1) is 0 Å². The summed E-state index contributed by atoms with van der Waals surface area (Å²) >= 11 is 0. The van der Waals surface area contributed by atoms with Gasteiger partial charge in [-0.1, -0.05) is 30.3 Å². The Labute approximate surface area is 162 Å². The smallest absolute Gasteiger partial charge is 0.312 e. The van der Waals surface area contributed by atoms with Gasteiger partial charge < -0.3 is 15.0 Å². The third kappa shape index (κ3) is 4.94. The van der Waals surface area contributed by atoms with Crippen molar-refractivity contribution in [2.24, 2.45) is 5.92 Å². The molecule has 1 heterocycles. The van der Waals surface area contributed by atoms with Crippen LogP contribution in [0.25, 0.3) is 0 Å². The molecule has 1 N–H and O–H groups in total. The molecule has 2 atom stereocenters. The average molecular weight is 384 g/mol. The third-order valence-electron chi connectivity index (χ3n) is 4.54. The monoisotopic (exact) mass is 384 g/mol. The molecule has 2 amide bonds. The molecule has 0 bridgehead atoms. The molecular formula is C21H21FN2O4. The summed E-state index contributed by atoms with van der Waals surface area (Å²) in [5.41, 5.74) is 1.39. The van der Waals surface area contributed by atoms with Crippen molar-refractivity contribution in [3.8, 4) is 0 Å². The Balaban J connectivity index is 1.51. The Morgan fingerprint density at radius 1 is 1.18 bits per heavy atom. The standard InChI is InChI=1S/C21H21FN2O4/c1-14(20(26)23-18-9-7-17(22)8-10-18)28-21(27)16-11-19(25)24(13-16)12-15-5-3-2-4-6-15/h2-10,14,16H,11-13H2,1H3,(H,23,26)/t14-,16+/m1/s1. The molecule has 2 aromatic carbocycles. The van der Waals surface area contributed by atoms with Crippen LogP contribution in [0.5, 0.6) is 0 Å². The summed E-state index contributed by atoms with van der Waals surface area (Å²) in [6.07, 6.45) is -0.964. The second kappa shape index (κ2) is 8.65. The van der Waals surface area contributed by atoms with Crippen LogP contribution < -0.4 is 5.32 Å². The number of nitrogens with zero attached hydrogens (tertiary/aromatic N) is 1. The molecular weight excluding hydrogens is 363 g/mol. The average Bonchev–Trinajstić information content (AvgIpc) is 3.05. The molecule has 0 aliphatic carbocycles. The van der Waals surface area contributed by atoms with Crippen molar-refractivity contribution in [2.45, 2.75) is 26.0 Å². The molecule has 6 nitrogen and oxygen atoms in total. The van der Waals surface area contributed by atoms with E-state index in [0.717, 1.165) is 5.56 Å². The summed E-state index contributed by atoms with van der Waals surface area (Å²) in [4.78, 5) is 38.3. The topological polar surface area (TPSA) is 75.7 Å². The maximum atomic E-state index is 12.9. The summed E-state index contributed by atoms with van der Waals surface area (Å²) in [7, 11) is 0. The van der Waals surface area contributed by atoms with Gasteiger partial charge in [0.25, 0.3) is 5.91 Å². The molecule has 2 aromatic rings. The zero-order valence-corrected chi connectivity index (χ0v) is 15.4. The summed E-state index contributed by atoms with van der Waals surface area (Å²) in [6.45, 7) is 2.15. The normalized spacial score (nSPS) is 17.3. The van der Waals surface area contributed by atoms with Crippen LogP contribution in [0.2, 0.25) is 0 Å². The predicted molar refractivity (Wildman–Crippen MR) is 101 cm³/mol. The van der Waals surface area contributed by atoms with Crippen LogP contribution in [0.4, 0.5) is 10.1 Å². The predicted octanol–water partition coefficient (Wildman–Crippen LogP) is 2.74. The lowest BCUT2D eigenvalue weighted by atomic mass is 10.1. The number of carbonyl (C=O) groups excluding carboxylic acids is 3. The number of hydrogen-bond acceptors (Lipinski definition) is 4. The van der Waals surface area contributed by atoms with E-state index in [9.17, 15) is 18.8 Å². The lowest BCUT2D eigenvalue weighted by molar-refractivity contribution is -0.157. The van der Waals surface area contributed by atoms with Gasteiger partial charge in [-0.3, -0.25) is 14.4 Å². The van der Waals surface area contributed by atoms with E-state index in [2.05, 4.69) is 5.32 Å². The minimum atomic E-state index is -1.03. The molecule has 3 rings (SSSR count). The maximum absolute atomic E-state index is 12.9. The van der Waals surface area contributed by atoms with Crippen LogP contribution in [0, 0.1) is 11.7 Å². The van der Waals surface area contributed by atoms with Crippen molar-refractivity contribution in [1.82, 2.24) is 4.90 Å². The zero-order chi connectivity index (χ0) is 20.1. The fourth-order valence-corrected chi connectivity index (χ4v) is 2.99. The van der Waals surface area contributed by atoms with Gasteiger partial charge in [0, 0.05) is 25.2 Å². The Kier molecular flexibility index (Phi) is 6.03. The second-order valence-electron chi connectivity index (χ2n) is 6.74. The lowest BCUT2D eigenvalue weighted by Gasteiger charge is -2.18. The molecule has 1 aliphatic rings. The van der Waals surface area contributed by atoms with Gasteiger partial charge in [-0.05, 0) is 36.8 Å². The van der Waals surface area contributed by atoms with Crippen LogP contribution in [-0.2, 0) is 25.7 Å². The van der Waals surface area contributed by atoms with E-state index >= 15 is 0 Å². The number of halogens is 1. The van der Waals surface area contributed by atoms with Gasteiger partial charge >= 0.3 is 5.97 Å². The lowest BCUT2D eigenvalue weighted by Crippen LogP contribution is -2.33. The van der Waals surface area contributed by atoms with Crippen molar-refractivity contribution in [2.75, 3.05) is 11.9 Å². The SMILES string of the molecule is C[C@@H](OC(=O)[C@H]1CC(=O)N(Cc2ccccc2)C1)C(=O)Nc1ccc(F)cc1. The van der Waals surface area contributed by atoms with Crippen LogP contribution >= 0.6 is 0 Å². The largest absolute Gasteiger partial charge is 0.452 e. The Hall–Kier alpha value is -3.22. The highest BCUT2D eigenvalue weighted by atomic mass is 19.1. The second-order valence-corrected chi connectivity index (χ2v) is 6.74. The van der Waals surface area contributed by atoms with Crippen molar-refractivity contribution >= 4 is 23.5 Å². The van der Waals surface area contributed by atoms with Crippen LogP contribution in [0.15, 0.2) is 54.6 Å². The van der Waals surface area contributed by atoms with Crippen LogP contribution in [0.3, 0.4) is 0 Å². The third-order valence-corrected chi connectivity index (χ3v) is 4.54. The number of rotatable bonds is 6. The Morgan fingerprint density at radius 2 is 1.86 bits per heavy atom. The fourth-order valence-electron chi connectivity index (χ4n) is 2.99. The number of hydrogen-bond donors (Lipinski definition) is 1. The van der Waals surface area contributed by atoms with E-state index in [4.69, 9.17) is 4.74 Å². The highest BCUT2D eigenvalue weighted by Crippen LogP contribution is 2.22. The molecule has 1 aliphatic heterocycles. The number of amides is 2. The molecule has 1 saturated heterocycles. The molecule has 1 fully saturated rings. The quantitative estimate of drug-likeness (QED) is 0.777. The van der Waals surface area contributed by atoms with Crippen molar-refractivity contribution in [1.29, 1.82) is 0 Å². The molecule has 146 valence electrons. The first-order valence-corrected chi connectivity index (χ1v) is 9.01. The first-order chi connectivity index (χ1) is 13.4. The van der Waals surface area contributed by atoms with Gasteiger partial charge in [0.05, 0.1) is 5.92 Å². The Bertz CT molecular complexity index is 854. The molecule has 0 unspecified atom stereocenters. The molecule has 0 aromatic heterocycles. The summed E-state index contributed by atoms with van der Waals surface area (Å²) < 4.78 is 18.1. The van der Waals surface area contributed by atoms with E-state index in [0.29, 0.717) is 12.2 Å². The first kappa shape index (κ1) is 19.5. The molecule has 0 saturated carbocycles. The summed E-state index contributed by atoms with van der Waals surface area (Å²) in [5, 5.41) is 2.55. The van der Waals surface area contributed by atoms with E-state index in [1.807, 2.05) is 30.3 Å². The van der Waals surface area contributed by atoms with Gasteiger partial charge in [0.2, 0.25) is 5.91 Å². The van der Waals surface area contributed by atoms with Crippen molar-refractivity contribution in [3.05, 3.63) is 66.0 Å². The number of anilines is 1. The minimum Gasteiger partial charge on any atom is -0.452 e. The number of ether oxygens (including phenoxy) is 1. The van der Waals surface area contributed by atoms with Crippen LogP contribution in [-0.4, -0.2) is 35.3 Å². The zero-order valence-electron chi connectivity index (χ0n) is 15.4. The number of nitrogens with one attached hydrogen (secondary N) is 1. The van der Waals surface area contributed by atoms with Gasteiger partial charge in [0.15, 0.2) is 6.10 Å². The number of esters is 1. The maximum Gasteiger partial charge on any atom is 0.312 e. The molecule has 0 spiro atoms. The molecule has 7 heteroatoms. The highest BCUT2D eigenvalue weighted by Gasteiger charge is 2.36. The van der Waals surface area contributed by atoms with Gasteiger partial charge in [-0.25, -0.2) is 4.39 Å². The summed E-state index contributed by atoms with van der Waals surface area (Å²) in [5.74, 6) is -2.23. The first-order valence-electron chi connectivity index (χ1n) is 9.01. The fraction of sp³-hybridized carbons (Fsp3) is 0.286. The number of likely N-dealkylation sites (tertiary alicyclic amines) is 1. The van der Waals surface area contributed by atoms with E-state index < -0.39 is 29.7 Å². The number of carbonyl (C=O) groups is 3. The van der Waals surface area contributed by atoms with Crippen LogP contribution in [0.1, 0.15) is 18.9 Å². The Morgan fingerprint density at radius 3 is 2.54 bits per heavy atom. The molecule has 28 heavy (non-hydrogen) atoms. The van der Waals surface area contributed by atoms with Gasteiger partial charge in [0.1, 0.15) is 5.82 Å². The van der Waals surface area contributed by atoms with Crippen molar-refractivity contribution < 1.29 is 23.5 Å². The van der Waals surface area contributed by atoms with Crippen molar-refractivity contribution in [3.63, 3.8) is 0 Å². The summed E-state index contributed by atoms with van der Waals surface area (Å²) in [6, 6.07) is 14.8. The van der Waals surface area contributed by atoms with E-state index in [1.165, 1.54) is 31.2 Å². The van der Waals surface area contributed by atoms with E-state index in [-0.39, 0.29) is 18.9 Å². The van der Waals surface area contributed by atoms with Gasteiger partial charge in [-0.2, -0.15) is 0 Å². The van der Waals surface area contributed by atoms with E-state index in [1.54, 1.807) is 4.90 Å². The highest BCUT2D eigenvalue weighted by molar-refractivity contribution is 5.95. The minimum absolute atomic E-state index is 0.0674. The number of benzene rings is 2.